The lowest BCUT2D eigenvalue weighted by Crippen LogP contribution is -2.33. The third kappa shape index (κ3) is 6.21. The van der Waals surface area contributed by atoms with E-state index in [-0.39, 0.29) is 29.0 Å². The van der Waals surface area contributed by atoms with E-state index in [1.54, 1.807) is 0 Å². The summed E-state index contributed by atoms with van der Waals surface area (Å²) in [7, 11) is 2.47. The van der Waals surface area contributed by atoms with Crippen molar-refractivity contribution in [1.82, 2.24) is 5.32 Å². The normalized spacial score (nSPS) is 10.8. The first-order chi connectivity index (χ1) is 14.6. The molecule has 0 saturated carbocycles. The molecule has 2 amide bonds. The van der Waals surface area contributed by atoms with E-state index in [9.17, 15) is 14.4 Å². The molecule has 166 valence electrons. The third-order valence-electron chi connectivity index (χ3n) is 4.50. The topological polar surface area (TPSA) is 103 Å². The lowest BCUT2D eigenvalue weighted by molar-refractivity contribution is 0.0587. The Balaban J connectivity index is 2.11. The Kier molecular flexibility index (Phi) is 7.63. The number of hydrogen-bond donors (Lipinski definition) is 2. The molecule has 2 rings (SSSR count). The highest BCUT2D eigenvalue weighted by Gasteiger charge is 2.20. The van der Waals surface area contributed by atoms with E-state index < -0.39 is 18.0 Å². The predicted octanol–water partition coefficient (Wildman–Crippen LogP) is 4.02. The van der Waals surface area contributed by atoms with Gasteiger partial charge in [-0.1, -0.05) is 38.5 Å². The van der Waals surface area contributed by atoms with Crippen LogP contribution in [0.5, 0.6) is 5.75 Å². The molecule has 0 spiro atoms. The number of aryl methyl sites for hydroxylation is 1. The Morgan fingerprint density at radius 1 is 0.935 bits per heavy atom. The van der Waals surface area contributed by atoms with E-state index >= 15 is 0 Å². The second-order valence-electron chi connectivity index (χ2n) is 7.91. The van der Waals surface area contributed by atoms with Crippen LogP contribution in [-0.4, -0.2) is 38.9 Å². The first-order valence-electron chi connectivity index (χ1n) is 9.66. The van der Waals surface area contributed by atoms with Gasteiger partial charge in [-0.05, 0) is 42.2 Å². The second kappa shape index (κ2) is 9.97. The minimum atomic E-state index is -0.655. The largest absolute Gasteiger partial charge is 0.473 e. The molecule has 0 atom stereocenters. The quantitative estimate of drug-likeness (QED) is 0.532. The van der Waals surface area contributed by atoms with Gasteiger partial charge in [-0.15, -0.1) is 0 Å². The summed E-state index contributed by atoms with van der Waals surface area (Å²) in [5.41, 5.74) is 2.39. The van der Waals surface area contributed by atoms with Crippen LogP contribution < -0.4 is 15.4 Å². The van der Waals surface area contributed by atoms with Crippen molar-refractivity contribution in [3.63, 3.8) is 0 Å². The molecule has 0 saturated heterocycles. The molecule has 0 bridgehead atoms. The van der Waals surface area contributed by atoms with Gasteiger partial charge in [0.05, 0.1) is 31.0 Å². The fraction of sp³-hybridized carbons (Fsp3) is 0.348. The zero-order valence-electron chi connectivity index (χ0n) is 18.6. The summed E-state index contributed by atoms with van der Waals surface area (Å²) in [5, 5.41) is 5.13. The second-order valence-corrected chi connectivity index (χ2v) is 7.91. The molecule has 0 unspecified atom stereocenters. The highest BCUT2D eigenvalue weighted by molar-refractivity contribution is 6.03. The Morgan fingerprint density at radius 2 is 1.61 bits per heavy atom. The number of methoxy groups -OCH3 is 2. The smallest absolute Gasteiger partial charge is 0.339 e. The van der Waals surface area contributed by atoms with Crippen LogP contribution in [0, 0.1) is 6.92 Å². The number of hydrogen-bond acceptors (Lipinski definition) is 6. The van der Waals surface area contributed by atoms with Crippen LogP contribution in [0.4, 0.5) is 10.5 Å². The van der Waals surface area contributed by atoms with Crippen molar-refractivity contribution in [2.75, 3.05) is 26.3 Å². The third-order valence-corrected chi connectivity index (χ3v) is 4.50. The number of carbonyl (C=O) groups is 3. The van der Waals surface area contributed by atoms with Gasteiger partial charge in [0.1, 0.15) is 5.75 Å². The number of anilines is 1. The molecule has 2 aromatic carbocycles. The number of ether oxygens (including phenoxy) is 3. The van der Waals surface area contributed by atoms with Crippen molar-refractivity contribution < 1.29 is 28.6 Å². The minimum Gasteiger partial charge on any atom is -0.473 e. The van der Waals surface area contributed by atoms with Crippen LogP contribution in [0.3, 0.4) is 0 Å². The first-order valence-corrected chi connectivity index (χ1v) is 9.66. The molecular formula is C23H28N2O6. The lowest BCUT2D eigenvalue weighted by atomic mass is 9.85. The molecule has 0 aliphatic rings. The van der Waals surface area contributed by atoms with Gasteiger partial charge in [0.2, 0.25) is 0 Å². The van der Waals surface area contributed by atoms with Gasteiger partial charge in [-0.2, -0.15) is 0 Å². The van der Waals surface area contributed by atoms with Crippen molar-refractivity contribution >= 4 is 23.7 Å². The Labute approximate surface area is 181 Å². The van der Waals surface area contributed by atoms with Crippen LogP contribution in [0.25, 0.3) is 0 Å². The van der Waals surface area contributed by atoms with E-state index in [2.05, 4.69) is 42.2 Å². The van der Waals surface area contributed by atoms with Crippen LogP contribution >= 0.6 is 0 Å². The summed E-state index contributed by atoms with van der Waals surface area (Å²) in [6, 6.07) is 9.38. The van der Waals surface area contributed by atoms with Gasteiger partial charge in [0.15, 0.2) is 6.73 Å². The maximum atomic E-state index is 12.4. The number of rotatable bonds is 6. The highest BCUT2D eigenvalue weighted by Crippen LogP contribution is 2.32. The fourth-order valence-electron chi connectivity index (χ4n) is 2.88. The summed E-state index contributed by atoms with van der Waals surface area (Å²) in [4.78, 5) is 36.2. The average molecular weight is 428 g/mol. The van der Waals surface area contributed by atoms with Gasteiger partial charge in [0.25, 0.3) is 0 Å². The van der Waals surface area contributed by atoms with Crippen LogP contribution in [0.1, 0.15) is 52.6 Å². The van der Waals surface area contributed by atoms with Crippen molar-refractivity contribution in [2.24, 2.45) is 0 Å². The minimum absolute atomic E-state index is 0.0950. The van der Waals surface area contributed by atoms with Gasteiger partial charge in [0, 0.05) is 0 Å². The van der Waals surface area contributed by atoms with Crippen LogP contribution in [-0.2, 0) is 14.9 Å². The number of urea groups is 1. The zero-order valence-corrected chi connectivity index (χ0v) is 18.6. The van der Waals surface area contributed by atoms with Gasteiger partial charge < -0.3 is 24.8 Å². The van der Waals surface area contributed by atoms with Gasteiger partial charge in [-0.3, -0.25) is 0 Å². The molecule has 2 aromatic rings. The van der Waals surface area contributed by atoms with E-state index in [1.807, 2.05) is 19.1 Å². The highest BCUT2D eigenvalue weighted by atomic mass is 16.5. The van der Waals surface area contributed by atoms with E-state index in [1.165, 1.54) is 32.4 Å². The molecule has 2 N–H and O–H groups in total. The molecule has 31 heavy (non-hydrogen) atoms. The molecule has 0 fully saturated rings. The summed E-state index contributed by atoms with van der Waals surface area (Å²) >= 11 is 0. The molecular weight excluding hydrogens is 400 g/mol. The summed E-state index contributed by atoms with van der Waals surface area (Å²) in [6.07, 6.45) is 0. The number of benzene rings is 2. The monoisotopic (exact) mass is 428 g/mol. The number of carbonyl (C=O) groups excluding carboxylic acids is 3. The van der Waals surface area contributed by atoms with E-state index in [0.717, 1.165) is 11.1 Å². The van der Waals surface area contributed by atoms with Crippen molar-refractivity contribution in [1.29, 1.82) is 0 Å². The zero-order chi connectivity index (χ0) is 23.2. The number of amides is 2. The SMILES string of the molecule is COC(=O)c1ccc(C(=O)OC)c(NC(=O)NCOc2ccc(C)cc2C(C)(C)C)c1. The van der Waals surface area contributed by atoms with Gasteiger partial charge in [-0.25, -0.2) is 14.4 Å². The number of nitrogens with one attached hydrogen (secondary N) is 2. The summed E-state index contributed by atoms with van der Waals surface area (Å²) < 4.78 is 15.2. The molecule has 0 aliphatic carbocycles. The van der Waals surface area contributed by atoms with Crippen LogP contribution in [0.15, 0.2) is 36.4 Å². The molecule has 0 aromatic heterocycles. The maximum Gasteiger partial charge on any atom is 0.339 e. The molecule has 0 heterocycles. The maximum absolute atomic E-state index is 12.4. The summed E-state index contributed by atoms with van der Waals surface area (Å²) in [6.45, 7) is 8.15. The standard InChI is InChI=1S/C23H28N2O6/c1-14-7-10-19(17(11-14)23(2,3)4)31-13-24-22(28)25-18-12-15(20(26)29-5)8-9-16(18)21(27)30-6/h7-12H,13H2,1-6H3,(H2,24,25,28). The van der Waals surface area contributed by atoms with E-state index in [4.69, 9.17) is 9.47 Å². The predicted molar refractivity (Wildman–Crippen MR) is 117 cm³/mol. The lowest BCUT2D eigenvalue weighted by Gasteiger charge is -2.23. The summed E-state index contributed by atoms with van der Waals surface area (Å²) in [5.74, 6) is -0.587. The van der Waals surface area contributed by atoms with Crippen molar-refractivity contribution in [2.45, 2.75) is 33.1 Å². The Morgan fingerprint density at radius 3 is 2.23 bits per heavy atom. The Hall–Kier alpha value is -3.55. The Bertz CT molecular complexity index is 979. The molecule has 0 aliphatic heterocycles. The first kappa shape index (κ1) is 23.7. The molecule has 8 nitrogen and oxygen atoms in total. The number of esters is 2. The molecule has 8 heteroatoms. The van der Waals surface area contributed by atoms with Crippen molar-refractivity contribution in [3.8, 4) is 5.75 Å². The fourth-order valence-corrected chi connectivity index (χ4v) is 2.88. The van der Waals surface area contributed by atoms with Gasteiger partial charge >= 0.3 is 18.0 Å². The van der Waals surface area contributed by atoms with Crippen LogP contribution in [0.2, 0.25) is 0 Å². The average Bonchev–Trinajstić information content (AvgIpc) is 2.72. The molecule has 0 radical (unpaired) electrons. The van der Waals surface area contributed by atoms with E-state index in [0.29, 0.717) is 5.75 Å². The van der Waals surface area contributed by atoms with Crippen molar-refractivity contribution in [3.05, 3.63) is 58.7 Å².